The highest BCUT2D eigenvalue weighted by Crippen LogP contribution is 2.38. The molecule has 1 saturated carbocycles. The van der Waals surface area contributed by atoms with Gasteiger partial charge in [-0.1, -0.05) is 23.7 Å². The van der Waals surface area contributed by atoms with Crippen molar-refractivity contribution >= 4 is 17.4 Å². The van der Waals surface area contributed by atoms with Gasteiger partial charge in [-0.05, 0) is 30.5 Å². The van der Waals surface area contributed by atoms with Gasteiger partial charge in [-0.2, -0.15) is 9.50 Å². The minimum Gasteiger partial charge on any atom is -0.493 e. The Morgan fingerprint density at radius 1 is 1.38 bits per heavy atom. The van der Waals surface area contributed by atoms with Gasteiger partial charge in [0.25, 0.3) is 5.56 Å². The van der Waals surface area contributed by atoms with Crippen molar-refractivity contribution in [2.45, 2.75) is 18.8 Å². The summed E-state index contributed by atoms with van der Waals surface area (Å²) < 4.78 is 1.27. The lowest BCUT2D eigenvalue weighted by molar-refractivity contribution is 0.436. The Kier molecular flexibility index (Phi) is 2.56. The second kappa shape index (κ2) is 4.33. The van der Waals surface area contributed by atoms with E-state index in [4.69, 9.17) is 11.6 Å². The van der Waals surface area contributed by atoms with Crippen LogP contribution in [0, 0.1) is 0 Å². The Labute approximate surface area is 124 Å². The first-order chi connectivity index (χ1) is 10.1. The van der Waals surface area contributed by atoms with Gasteiger partial charge in [0.2, 0.25) is 11.7 Å². The molecule has 106 valence electrons. The standard InChI is InChI=1S/C14H11ClN4O2/c15-9-3-1-2-8(6-9)10-12(20)17-14-16-11(7-4-5-7)18-19(14)13(10)21/h1-3,6-7,21H,4-5H2,(H,16,17,18,20). The van der Waals surface area contributed by atoms with Gasteiger partial charge < -0.3 is 5.11 Å². The van der Waals surface area contributed by atoms with Crippen LogP contribution in [-0.2, 0) is 0 Å². The maximum atomic E-state index is 12.2. The van der Waals surface area contributed by atoms with E-state index >= 15 is 0 Å². The first-order valence-corrected chi connectivity index (χ1v) is 6.99. The van der Waals surface area contributed by atoms with E-state index in [1.54, 1.807) is 24.3 Å². The van der Waals surface area contributed by atoms with Crippen LogP contribution < -0.4 is 5.56 Å². The topological polar surface area (TPSA) is 83.3 Å². The summed E-state index contributed by atoms with van der Waals surface area (Å²) in [6.07, 6.45) is 2.09. The van der Waals surface area contributed by atoms with Gasteiger partial charge in [0.1, 0.15) is 5.56 Å². The summed E-state index contributed by atoms with van der Waals surface area (Å²) in [5.74, 6) is 1.02. The summed E-state index contributed by atoms with van der Waals surface area (Å²) in [6, 6.07) is 6.75. The fourth-order valence-corrected chi connectivity index (χ4v) is 2.54. The summed E-state index contributed by atoms with van der Waals surface area (Å²) in [6.45, 7) is 0. The minimum absolute atomic E-state index is 0.136. The van der Waals surface area contributed by atoms with Crippen molar-refractivity contribution in [3.05, 3.63) is 45.5 Å². The molecule has 1 fully saturated rings. The summed E-state index contributed by atoms with van der Waals surface area (Å²) in [5, 5.41) is 15.2. The fourth-order valence-electron chi connectivity index (χ4n) is 2.35. The van der Waals surface area contributed by atoms with Gasteiger partial charge in [0.15, 0.2) is 5.82 Å². The van der Waals surface area contributed by atoms with Gasteiger partial charge in [-0.3, -0.25) is 9.78 Å². The van der Waals surface area contributed by atoms with E-state index in [9.17, 15) is 9.90 Å². The van der Waals surface area contributed by atoms with E-state index in [2.05, 4.69) is 15.1 Å². The second-order valence-corrected chi connectivity index (χ2v) is 5.58. The molecule has 1 aromatic carbocycles. The van der Waals surface area contributed by atoms with Crippen molar-refractivity contribution in [3.63, 3.8) is 0 Å². The van der Waals surface area contributed by atoms with E-state index in [1.165, 1.54) is 4.52 Å². The molecule has 2 N–H and O–H groups in total. The van der Waals surface area contributed by atoms with Crippen LogP contribution in [0.2, 0.25) is 5.02 Å². The lowest BCUT2D eigenvalue weighted by atomic mass is 10.1. The van der Waals surface area contributed by atoms with E-state index in [0.29, 0.717) is 22.3 Å². The average Bonchev–Trinajstić information content (AvgIpc) is 3.20. The number of aromatic nitrogens is 4. The molecule has 3 aromatic rings. The molecule has 0 bridgehead atoms. The normalized spacial score (nSPS) is 14.7. The number of benzene rings is 1. The first kappa shape index (κ1) is 12.4. The average molecular weight is 303 g/mol. The molecule has 6 nitrogen and oxygen atoms in total. The number of nitrogens with zero attached hydrogens (tertiary/aromatic N) is 3. The molecular weight excluding hydrogens is 292 g/mol. The zero-order valence-electron chi connectivity index (χ0n) is 10.9. The Hall–Kier alpha value is -2.34. The van der Waals surface area contributed by atoms with Gasteiger partial charge in [-0.15, -0.1) is 5.10 Å². The van der Waals surface area contributed by atoms with Gasteiger partial charge >= 0.3 is 0 Å². The number of H-pyrrole nitrogens is 1. The molecular formula is C14H11ClN4O2. The summed E-state index contributed by atoms with van der Waals surface area (Å²) in [5.41, 5.74) is 0.251. The molecule has 0 radical (unpaired) electrons. The molecule has 0 saturated heterocycles. The monoisotopic (exact) mass is 302 g/mol. The Morgan fingerprint density at radius 3 is 2.90 bits per heavy atom. The third-order valence-electron chi connectivity index (χ3n) is 3.56. The Balaban J connectivity index is 1.98. The number of halogens is 1. The van der Waals surface area contributed by atoms with Crippen molar-refractivity contribution < 1.29 is 5.11 Å². The van der Waals surface area contributed by atoms with Crippen molar-refractivity contribution in [2.75, 3.05) is 0 Å². The Morgan fingerprint density at radius 2 is 2.19 bits per heavy atom. The van der Waals surface area contributed by atoms with Crippen LogP contribution in [0.15, 0.2) is 29.1 Å². The second-order valence-electron chi connectivity index (χ2n) is 5.14. The maximum absolute atomic E-state index is 12.2. The van der Waals surface area contributed by atoms with Crippen LogP contribution in [0.5, 0.6) is 5.88 Å². The molecule has 7 heteroatoms. The lowest BCUT2D eigenvalue weighted by Gasteiger charge is -2.05. The van der Waals surface area contributed by atoms with Gasteiger partial charge in [0, 0.05) is 10.9 Å². The zero-order chi connectivity index (χ0) is 14.6. The molecule has 21 heavy (non-hydrogen) atoms. The van der Waals surface area contributed by atoms with Crippen molar-refractivity contribution in [1.29, 1.82) is 0 Å². The molecule has 0 atom stereocenters. The van der Waals surface area contributed by atoms with E-state index in [0.717, 1.165) is 12.8 Å². The number of nitrogens with one attached hydrogen (secondary N) is 1. The smallest absolute Gasteiger partial charge is 0.264 e. The van der Waals surface area contributed by atoms with Crippen LogP contribution in [0.25, 0.3) is 16.9 Å². The molecule has 0 amide bonds. The molecule has 0 unspecified atom stereocenters. The highest BCUT2D eigenvalue weighted by Gasteiger charge is 2.29. The quantitative estimate of drug-likeness (QED) is 0.761. The number of fused-ring (bicyclic) bond motifs is 1. The largest absolute Gasteiger partial charge is 0.493 e. The number of hydrogen-bond donors (Lipinski definition) is 2. The summed E-state index contributed by atoms with van der Waals surface area (Å²) in [7, 11) is 0. The van der Waals surface area contributed by atoms with Crippen molar-refractivity contribution in [1.82, 2.24) is 19.6 Å². The SMILES string of the molecule is O=c1[nH]c2nc(C3CC3)nn2c(O)c1-c1cccc(Cl)c1. The molecule has 2 heterocycles. The van der Waals surface area contributed by atoms with Crippen molar-refractivity contribution in [3.8, 4) is 17.0 Å². The fraction of sp³-hybridized carbons (Fsp3) is 0.214. The highest BCUT2D eigenvalue weighted by atomic mass is 35.5. The van der Waals surface area contributed by atoms with Crippen LogP contribution in [0.4, 0.5) is 0 Å². The van der Waals surface area contributed by atoms with Crippen LogP contribution in [-0.4, -0.2) is 24.7 Å². The predicted molar refractivity (Wildman–Crippen MR) is 77.7 cm³/mol. The third kappa shape index (κ3) is 1.99. The summed E-state index contributed by atoms with van der Waals surface area (Å²) in [4.78, 5) is 19.1. The van der Waals surface area contributed by atoms with Crippen molar-refractivity contribution in [2.24, 2.45) is 0 Å². The van der Waals surface area contributed by atoms with Crippen LogP contribution in [0.1, 0.15) is 24.6 Å². The van der Waals surface area contributed by atoms with Crippen LogP contribution >= 0.6 is 11.6 Å². The molecule has 0 aliphatic heterocycles. The van der Waals surface area contributed by atoms with Gasteiger partial charge in [0.05, 0.1) is 0 Å². The van der Waals surface area contributed by atoms with E-state index in [-0.39, 0.29) is 17.2 Å². The highest BCUT2D eigenvalue weighted by molar-refractivity contribution is 6.30. The maximum Gasteiger partial charge on any atom is 0.264 e. The molecule has 0 spiro atoms. The lowest BCUT2D eigenvalue weighted by Crippen LogP contribution is -2.12. The number of hydrogen-bond acceptors (Lipinski definition) is 4. The third-order valence-corrected chi connectivity index (χ3v) is 3.79. The van der Waals surface area contributed by atoms with Crippen LogP contribution in [0.3, 0.4) is 0 Å². The molecule has 2 aromatic heterocycles. The van der Waals surface area contributed by atoms with E-state index < -0.39 is 5.56 Å². The van der Waals surface area contributed by atoms with Gasteiger partial charge in [-0.25, -0.2) is 0 Å². The summed E-state index contributed by atoms with van der Waals surface area (Å²) >= 11 is 5.94. The number of rotatable bonds is 2. The first-order valence-electron chi connectivity index (χ1n) is 6.61. The number of aromatic amines is 1. The molecule has 1 aliphatic rings. The number of aromatic hydroxyl groups is 1. The molecule has 1 aliphatic carbocycles. The van der Waals surface area contributed by atoms with E-state index in [1.807, 2.05) is 0 Å². The Bertz CT molecular complexity index is 911. The predicted octanol–water partition coefficient (Wildman–Crippen LogP) is 2.32. The minimum atomic E-state index is -0.419. The molecule has 4 rings (SSSR count). The zero-order valence-corrected chi connectivity index (χ0v) is 11.6.